The third-order valence-electron chi connectivity index (χ3n) is 20.3. The smallest absolute Gasteiger partial charge is 0.303 e. The van der Waals surface area contributed by atoms with E-state index in [1.54, 1.807) is 0 Å². The molecule has 0 aromatic heterocycles. The molecule has 0 radical (unpaired) electrons. The number of hydrogen-bond acceptors (Lipinski definition) is 35. The van der Waals surface area contributed by atoms with Crippen LogP contribution in [0.2, 0.25) is 0 Å². The Labute approximate surface area is 707 Å². The van der Waals surface area contributed by atoms with Crippen LogP contribution in [0.1, 0.15) is 173 Å². The number of hydrogen-bond donors (Lipinski definition) is 0. The highest BCUT2D eigenvalue weighted by Gasteiger charge is 2.47. The molecule has 3 aliphatic rings. The van der Waals surface area contributed by atoms with Crippen molar-refractivity contribution in [3.05, 3.63) is 10.4 Å². The number of ether oxygens (including phenoxy) is 24. The van der Waals surface area contributed by atoms with Crippen LogP contribution in [-0.2, 0) is 162 Å². The Balaban J connectivity index is 1.44. The van der Waals surface area contributed by atoms with Gasteiger partial charge in [0, 0.05) is 165 Å². The summed E-state index contributed by atoms with van der Waals surface area (Å²) in [6.07, 6.45) is -1.37. The molecule has 0 amide bonds. The van der Waals surface area contributed by atoms with E-state index in [0.29, 0.717) is 144 Å². The molecular formula is C83H141N3O34. The molecule has 37 nitrogen and oxygen atoms in total. The second-order valence-electron chi connectivity index (χ2n) is 30.4. The normalized spacial score (nSPS) is 23.4. The van der Waals surface area contributed by atoms with Gasteiger partial charge >= 0.3 is 35.8 Å². The lowest BCUT2D eigenvalue weighted by Gasteiger charge is -2.43. The van der Waals surface area contributed by atoms with Gasteiger partial charge in [-0.25, -0.2) is 0 Å². The molecule has 0 bridgehead atoms. The molecule has 0 N–H and O–H groups in total. The summed E-state index contributed by atoms with van der Waals surface area (Å²) in [5, 5.41) is 3.59. The minimum atomic E-state index is -1.06. The number of carbonyl (C=O) groups excluding carboxylic acids is 10. The third-order valence-corrected chi connectivity index (χ3v) is 20.3. The van der Waals surface area contributed by atoms with Crippen LogP contribution in [0.15, 0.2) is 5.11 Å². The van der Waals surface area contributed by atoms with E-state index in [-0.39, 0.29) is 209 Å². The summed E-state index contributed by atoms with van der Waals surface area (Å²) in [4.78, 5) is 126. The highest BCUT2D eigenvalue weighted by molar-refractivity contribution is 5.80. The van der Waals surface area contributed by atoms with Crippen LogP contribution < -0.4 is 0 Å². The summed E-state index contributed by atoms with van der Waals surface area (Å²) in [5.74, 6) is -3.86. The van der Waals surface area contributed by atoms with Crippen molar-refractivity contribution in [2.75, 3.05) is 205 Å². The van der Waals surface area contributed by atoms with E-state index >= 15 is 0 Å². The van der Waals surface area contributed by atoms with Gasteiger partial charge in [0.25, 0.3) is 0 Å². The quantitative estimate of drug-likeness (QED) is 0.0140. The van der Waals surface area contributed by atoms with E-state index in [1.807, 2.05) is 41.5 Å². The molecule has 0 saturated carbocycles. The predicted molar refractivity (Wildman–Crippen MR) is 426 cm³/mol. The summed E-state index contributed by atoms with van der Waals surface area (Å²) in [7, 11) is 0. The molecule has 0 aromatic rings. The number of rotatable bonds is 74. The molecule has 15 unspecified atom stereocenters. The van der Waals surface area contributed by atoms with E-state index in [9.17, 15) is 47.9 Å². The zero-order valence-electron chi connectivity index (χ0n) is 73.2. The first-order chi connectivity index (χ1) is 57.7. The number of nitrogens with zero attached hydrogens (tertiary/aromatic N) is 3. The Kier molecular flexibility index (Phi) is 60.1. The van der Waals surface area contributed by atoms with Crippen molar-refractivity contribution in [1.29, 1.82) is 0 Å². The SMILES string of the molecule is CC(=O)OCC1OC(OCCOCCOCCOCCCC(=O)CCOCC(COCCC(=O)CCCOCCOCCOCCOC2OC(COC(C)=O)C(OC(C)=O)C(C)C2C)(COCCC(=O)CCCOCCOCCOCCOC2OC(COC(C)=O)C(OC(C)=O)C(C)C2C)CC(=O)CCCCCN=[N+]=[N-])C(C)C(C)C1OC(C)=O. The van der Waals surface area contributed by atoms with Gasteiger partial charge in [0.15, 0.2) is 18.9 Å². The summed E-state index contributed by atoms with van der Waals surface area (Å²) in [6.45, 7) is 25.6. The predicted octanol–water partition coefficient (Wildman–Crippen LogP) is 7.75. The molecule has 3 rings (SSSR count). The topological polar surface area (TPSA) is 441 Å². The zero-order valence-corrected chi connectivity index (χ0v) is 73.2. The van der Waals surface area contributed by atoms with Gasteiger partial charge < -0.3 is 114 Å². The Morgan fingerprint density at radius 1 is 0.300 bits per heavy atom. The van der Waals surface area contributed by atoms with Crippen molar-refractivity contribution in [1.82, 2.24) is 0 Å². The highest BCUT2D eigenvalue weighted by atomic mass is 16.7. The maximum Gasteiger partial charge on any atom is 0.303 e. The van der Waals surface area contributed by atoms with Crippen molar-refractivity contribution < 1.29 is 162 Å². The molecule has 120 heavy (non-hydrogen) atoms. The molecule has 0 spiro atoms. The molecule has 3 saturated heterocycles. The first-order valence-corrected chi connectivity index (χ1v) is 42.4. The Morgan fingerprint density at radius 3 is 0.833 bits per heavy atom. The standard InChI is InChI=1S/C83H141N3O34/c1-58-61(4)80(118-74(52-112-64(7)87)77(58)115-67(10)90)109-48-45-103-42-39-100-36-33-97-27-16-20-70(93)23-30-106-55-83(51-73(96)19-14-13-15-26-85-86-84,56-107-31-24-71(94)21-17-28-98-34-37-101-40-43-104-46-49-110-81-62(5)59(2)78(116-68(11)91)75(119-81)53-113-65(8)88)57-108-32-25-72(95)22-18-29-99-35-38-102-41-44-105-47-50-111-82-63(6)60(3)79(117-69(12)92)76(120-82)54-114-66(9)89/h58-63,74-82H,13-57H2,1-12H3. The van der Waals surface area contributed by atoms with Gasteiger partial charge in [0.2, 0.25) is 0 Å². The second kappa shape index (κ2) is 66.6. The van der Waals surface area contributed by atoms with Crippen molar-refractivity contribution in [3.8, 4) is 0 Å². The Bertz CT molecular complexity index is 2650. The fourth-order valence-corrected chi connectivity index (χ4v) is 13.2. The lowest BCUT2D eigenvalue weighted by molar-refractivity contribution is -0.275. The maximum absolute atomic E-state index is 13.9. The zero-order chi connectivity index (χ0) is 88.1. The first kappa shape index (κ1) is 108. The summed E-state index contributed by atoms with van der Waals surface area (Å²) in [6, 6.07) is 0. The fraction of sp³-hybridized carbons (Fsp3) is 0.880. The molecule has 37 heteroatoms. The number of ketones is 4. The van der Waals surface area contributed by atoms with Crippen molar-refractivity contribution in [2.24, 2.45) is 46.0 Å². The fourth-order valence-electron chi connectivity index (χ4n) is 13.2. The van der Waals surface area contributed by atoms with Crippen LogP contribution in [-0.4, -0.2) is 319 Å². The van der Waals surface area contributed by atoms with Gasteiger partial charge in [-0.05, 0) is 37.6 Å². The Morgan fingerprint density at radius 2 is 0.567 bits per heavy atom. The molecule has 3 fully saturated rings. The summed E-state index contributed by atoms with van der Waals surface area (Å²) >= 11 is 0. The average Bonchev–Trinajstić information content (AvgIpc) is 0.814. The van der Waals surface area contributed by atoms with E-state index in [0.717, 1.165) is 0 Å². The number of esters is 6. The lowest BCUT2D eigenvalue weighted by Crippen LogP contribution is -2.53. The first-order valence-electron chi connectivity index (χ1n) is 42.4. The molecule has 692 valence electrons. The van der Waals surface area contributed by atoms with Crippen LogP contribution in [0, 0.1) is 40.9 Å². The van der Waals surface area contributed by atoms with Gasteiger partial charge in [-0.2, -0.15) is 0 Å². The minimum Gasteiger partial charge on any atom is -0.463 e. The van der Waals surface area contributed by atoms with Crippen LogP contribution in [0.4, 0.5) is 0 Å². The molecule has 15 atom stereocenters. The minimum absolute atomic E-state index is 0.0192. The van der Waals surface area contributed by atoms with Crippen molar-refractivity contribution in [3.63, 3.8) is 0 Å². The van der Waals surface area contributed by atoms with Gasteiger partial charge in [0.05, 0.1) is 159 Å². The number of carbonyl (C=O) groups is 10. The van der Waals surface area contributed by atoms with E-state index < -0.39 is 96.7 Å². The molecule has 3 aliphatic heterocycles. The second-order valence-corrected chi connectivity index (χ2v) is 30.4. The number of Topliss-reactive ketones (excluding diaryl/α,β-unsaturated/α-hetero) is 4. The monoisotopic (exact) mass is 1720 g/mol. The molecule has 0 aromatic carbocycles. The van der Waals surface area contributed by atoms with Crippen molar-refractivity contribution >= 4 is 58.9 Å². The molecule has 0 aliphatic carbocycles. The van der Waals surface area contributed by atoms with E-state index in [1.165, 1.54) is 41.5 Å². The average molecular weight is 1730 g/mol. The summed E-state index contributed by atoms with van der Waals surface area (Å²) < 4.78 is 138. The summed E-state index contributed by atoms with van der Waals surface area (Å²) in [5.41, 5.74) is 7.68. The van der Waals surface area contributed by atoms with Gasteiger partial charge in [-0.3, -0.25) is 47.9 Å². The molecule has 3 heterocycles. The van der Waals surface area contributed by atoms with E-state index in [2.05, 4.69) is 10.0 Å². The van der Waals surface area contributed by atoms with Gasteiger partial charge in [-0.1, -0.05) is 53.1 Å². The van der Waals surface area contributed by atoms with Crippen molar-refractivity contribution in [2.45, 2.75) is 228 Å². The van der Waals surface area contributed by atoms with Crippen LogP contribution >= 0.6 is 0 Å². The van der Waals surface area contributed by atoms with Crippen LogP contribution in [0.25, 0.3) is 10.4 Å². The van der Waals surface area contributed by atoms with Gasteiger partial charge in [-0.15, -0.1) is 0 Å². The van der Waals surface area contributed by atoms with Crippen LogP contribution in [0.3, 0.4) is 0 Å². The third kappa shape index (κ3) is 50.1. The number of unbranched alkanes of at least 4 members (excludes halogenated alkanes) is 2. The highest BCUT2D eigenvalue weighted by Crippen LogP contribution is 2.37. The van der Waals surface area contributed by atoms with Gasteiger partial charge in [0.1, 0.15) is 79.6 Å². The largest absolute Gasteiger partial charge is 0.463 e. The Hall–Kier alpha value is -5.91. The van der Waals surface area contributed by atoms with Crippen LogP contribution in [0.5, 0.6) is 0 Å². The molecular weight excluding hydrogens is 1580 g/mol. The lowest BCUT2D eigenvalue weighted by atomic mass is 9.84. The van der Waals surface area contributed by atoms with E-state index in [4.69, 9.17) is 119 Å². The maximum atomic E-state index is 13.9. The number of azide groups is 1.